The Morgan fingerprint density at radius 1 is 0.923 bits per heavy atom. The molecule has 0 fully saturated rings. The maximum absolute atomic E-state index is 12.0. The van der Waals surface area contributed by atoms with Crippen LogP contribution in [0.25, 0.3) is 0 Å². The van der Waals surface area contributed by atoms with Crippen molar-refractivity contribution in [2.24, 2.45) is 0 Å². The fourth-order valence-electron chi connectivity index (χ4n) is 2.64. The van der Waals surface area contributed by atoms with Crippen LogP contribution in [0, 0.1) is 13.8 Å². The van der Waals surface area contributed by atoms with Crippen molar-refractivity contribution < 1.29 is 14.3 Å². The van der Waals surface area contributed by atoms with Crippen molar-refractivity contribution in [3.05, 3.63) is 53.1 Å². The summed E-state index contributed by atoms with van der Waals surface area (Å²) in [5, 5.41) is 6.24. The van der Waals surface area contributed by atoms with E-state index in [-0.39, 0.29) is 5.91 Å². The molecule has 140 valence electrons. The molecule has 0 aliphatic heterocycles. The van der Waals surface area contributed by atoms with Gasteiger partial charge in [-0.05, 0) is 61.2 Å². The Kier molecular flexibility index (Phi) is 7.33. The van der Waals surface area contributed by atoms with Gasteiger partial charge < -0.3 is 20.1 Å². The standard InChI is InChI=1S/C21H28N2O3/c1-15-5-7-18(13-16(15)2)22-12-10-21(24)23-11-9-17-6-8-19(25-3)20(14-17)26-4/h5-8,13-14,22H,9-12H2,1-4H3,(H,23,24). The van der Waals surface area contributed by atoms with Crippen LogP contribution in [0.15, 0.2) is 36.4 Å². The van der Waals surface area contributed by atoms with Crippen molar-refractivity contribution in [2.75, 3.05) is 32.6 Å². The molecule has 2 aromatic rings. The molecule has 26 heavy (non-hydrogen) atoms. The molecule has 2 aromatic carbocycles. The van der Waals surface area contributed by atoms with Crippen molar-refractivity contribution in [3.8, 4) is 11.5 Å². The molecule has 2 rings (SSSR count). The lowest BCUT2D eigenvalue weighted by Gasteiger charge is -2.11. The van der Waals surface area contributed by atoms with Gasteiger partial charge in [0, 0.05) is 25.2 Å². The van der Waals surface area contributed by atoms with E-state index in [2.05, 4.69) is 36.6 Å². The number of benzene rings is 2. The monoisotopic (exact) mass is 356 g/mol. The second-order valence-corrected chi connectivity index (χ2v) is 6.27. The van der Waals surface area contributed by atoms with Gasteiger partial charge in [-0.3, -0.25) is 4.79 Å². The van der Waals surface area contributed by atoms with Crippen LogP contribution in [0.1, 0.15) is 23.1 Å². The van der Waals surface area contributed by atoms with E-state index in [1.807, 2.05) is 24.3 Å². The van der Waals surface area contributed by atoms with Crippen LogP contribution in [0.2, 0.25) is 0 Å². The first-order chi connectivity index (χ1) is 12.5. The third-order valence-corrected chi connectivity index (χ3v) is 4.37. The van der Waals surface area contributed by atoms with Crippen molar-refractivity contribution in [2.45, 2.75) is 26.7 Å². The molecule has 5 heteroatoms. The van der Waals surface area contributed by atoms with E-state index < -0.39 is 0 Å². The average molecular weight is 356 g/mol. The van der Waals surface area contributed by atoms with Crippen LogP contribution in [-0.2, 0) is 11.2 Å². The lowest BCUT2D eigenvalue weighted by Crippen LogP contribution is -2.27. The molecule has 0 bridgehead atoms. The topological polar surface area (TPSA) is 59.6 Å². The van der Waals surface area contributed by atoms with E-state index >= 15 is 0 Å². The Hall–Kier alpha value is -2.69. The number of nitrogens with one attached hydrogen (secondary N) is 2. The predicted molar refractivity (Wildman–Crippen MR) is 105 cm³/mol. The maximum atomic E-state index is 12.0. The first-order valence-electron chi connectivity index (χ1n) is 8.82. The number of aryl methyl sites for hydroxylation is 2. The first kappa shape index (κ1) is 19.6. The number of anilines is 1. The number of amides is 1. The molecule has 2 N–H and O–H groups in total. The Morgan fingerprint density at radius 2 is 1.69 bits per heavy atom. The summed E-state index contributed by atoms with van der Waals surface area (Å²) in [6.45, 7) is 5.38. The van der Waals surface area contributed by atoms with Gasteiger partial charge in [-0.1, -0.05) is 12.1 Å². The van der Waals surface area contributed by atoms with Crippen molar-refractivity contribution in [1.82, 2.24) is 5.32 Å². The minimum atomic E-state index is 0.0433. The van der Waals surface area contributed by atoms with Crippen LogP contribution in [0.3, 0.4) is 0 Å². The summed E-state index contributed by atoms with van der Waals surface area (Å²) < 4.78 is 10.5. The Balaban J connectivity index is 1.71. The van der Waals surface area contributed by atoms with Crippen LogP contribution in [-0.4, -0.2) is 33.2 Å². The lowest BCUT2D eigenvalue weighted by molar-refractivity contribution is -0.120. The van der Waals surface area contributed by atoms with E-state index in [4.69, 9.17) is 9.47 Å². The second kappa shape index (κ2) is 9.70. The molecular formula is C21H28N2O3. The van der Waals surface area contributed by atoms with Crippen LogP contribution in [0.5, 0.6) is 11.5 Å². The van der Waals surface area contributed by atoms with Gasteiger partial charge in [0.05, 0.1) is 14.2 Å². The summed E-state index contributed by atoms with van der Waals surface area (Å²) in [6.07, 6.45) is 1.19. The Bertz CT molecular complexity index is 744. The van der Waals surface area contributed by atoms with Gasteiger partial charge in [-0.25, -0.2) is 0 Å². The second-order valence-electron chi connectivity index (χ2n) is 6.27. The normalized spacial score (nSPS) is 10.3. The number of hydrogen-bond acceptors (Lipinski definition) is 4. The molecule has 0 aromatic heterocycles. The molecule has 0 unspecified atom stereocenters. The smallest absolute Gasteiger partial charge is 0.221 e. The SMILES string of the molecule is COc1ccc(CCNC(=O)CCNc2ccc(C)c(C)c2)cc1OC. The quantitative estimate of drug-likeness (QED) is 0.722. The van der Waals surface area contributed by atoms with Crippen molar-refractivity contribution in [3.63, 3.8) is 0 Å². The molecule has 0 aliphatic carbocycles. The Labute approximate surface area is 155 Å². The third kappa shape index (κ3) is 5.69. The van der Waals surface area contributed by atoms with Gasteiger partial charge in [-0.15, -0.1) is 0 Å². The van der Waals surface area contributed by atoms with Crippen molar-refractivity contribution in [1.29, 1.82) is 0 Å². The number of carbonyl (C=O) groups excluding carboxylic acids is 1. The third-order valence-electron chi connectivity index (χ3n) is 4.37. The molecule has 0 atom stereocenters. The summed E-state index contributed by atoms with van der Waals surface area (Å²) in [5.41, 5.74) is 4.65. The number of ether oxygens (including phenoxy) is 2. The highest BCUT2D eigenvalue weighted by Gasteiger charge is 2.06. The zero-order chi connectivity index (χ0) is 18.9. The summed E-state index contributed by atoms with van der Waals surface area (Å²) in [6, 6.07) is 12.0. The highest BCUT2D eigenvalue weighted by molar-refractivity contribution is 5.76. The zero-order valence-electron chi connectivity index (χ0n) is 16.0. The zero-order valence-corrected chi connectivity index (χ0v) is 16.0. The fourth-order valence-corrected chi connectivity index (χ4v) is 2.64. The maximum Gasteiger partial charge on any atom is 0.221 e. The number of hydrogen-bond donors (Lipinski definition) is 2. The van der Waals surface area contributed by atoms with Crippen molar-refractivity contribution >= 4 is 11.6 Å². The van der Waals surface area contributed by atoms with Gasteiger partial charge in [0.25, 0.3) is 0 Å². The highest BCUT2D eigenvalue weighted by atomic mass is 16.5. The molecule has 0 aliphatic rings. The predicted octanol–water partition coefficient (Wildman–Crippen LogP) is 3.48. The van der Waals surface area contributed by atoms with Gasteiger partial charge in [0.1, 0.15) is 0 Å². The van der Waals surface area contributed by atoms with E-state index in [1.165, 1.54) is 11.1 Å². The summed E-state index contributed by atoms with van der Waals surface area (Å²) in [4.78, 5) is 12.0. The van der Waals surface area contributed by atoms with E-state index in [9.17, 15) is 4.79 Å². The van der Waals surface area contributed by atoms with E-state index in [0.717, 1.165) is 17.7 Å². The summed E-state index contributed by atoms with van der Waals surface area (Å²) in [5.74, 6) is 1.45. The minimum absolute atomic E-state index is 0.0433. The van der Waals surface area contributed by atoms with E-state index in [1.54, 1.807) is 14.2 Å². The first-order valence-corrected chi connectivity index (χ1v) is 8.82. The molecular weight excluding hydrogens is 328 g/mol. The largest absolute Gasteiger partial charge is 0.493 e. The number of carbonyl (C=O) groups is 1. The van der Waals surface area contributed by atoms with Gasteiger partial charge in [-0.2, -0.15) is 0 Å². The molecule has 0 radical (unpaired) electrons. The summed E-state index contributed by atoms with van der Waals surface area (Å²) in [7, 11) is 3.23. The molecule has 0 spiro atoms. The highest BCUT2D eigenvalue weighted by Crippen LogP contribution is 2.27. The Morgan fingerprint density at radius 3 is 2.38 bits per heavy atom. The molecule has 5 nitrogen and oxygen atoms in total. The number of methoxy groups -OCH3 is 2. The van der Waals surface area contributed by atoms with Crippen LogP contribution in [0.4, 0.5) is 5.69 Å². The molecule has 1 amide bonds. The minimum Gasteiger partial charge on any atom is -0.493 e. The number of rotatable bonds is 9. The average Bonchev–Trinajstić information content (AvgIpc) is 2.64. The van der Waals surface area contributed by atoms with Crippen LogP contribution < -0.4 is 20.1 Å². The molecule has 0 heterocycles. The molecule has 0 saturated carbocycles. The van der Waals surface area contributed by atoms with Gasteiger partial charge in [0.2, 0.25) is 5.91 Å². The van der Waals surface area contributed by atoms with E-state index in [0.29, 0.717) is 31.0 Å². The molecule has 0 saturated heterocycles. The fraction of sp³-hybridized carbons (Fsp3) is 0.381. The van der Waals surface area contributed by atoms with Crippen LogP contribution >= 0.6 is 0 Å². The van der Waals surface area contributed by atoms with Gasteiger partial charge in [0.15, 0.2) is 11.5 Å². The lowest BCUT2D eigenvalue weighted by atomic mass is 10.1. The van der Waals surface area contributed by atoms with Gasteiger partial charge >= 0.3 is 0 Å². The summed E-state index contributed by atoms with van der Waals surface area (Å²) >= 11 is 0.